The molecule has 2 fully saturated rings. The van der Waals surface area contributed by atoms with Crippen molar-refractivity contribution in [2.45, 2.75) is 37.8 Å². The van der Waals surface area contributed by atoms with Gasteiger partial charge in [0.2, 0.25) is 12.7 Å². The Balaban J connectivity index is 0.00000196. The molecule has 0 spiro atoms. The van der Waals surface area contributed by atoms with Crippen molar-refractivity contribution >= 4 is 24.2 Å². The Hall–Kier alpha value is -1.99. The highest BCUT2D eigenvalue weighted by atomic mass is 35.5. The Morgan fingerprint density at radius 2 is 1.88 bits per heavy atom. The van der Waals surface area contributed by atoms with Crippen molar-refractivity contribution in [3.63, 3.8) is 0 Å². The number of piperidine rings is 1. The number of likely N-dealkylation sites (tertiary alicyclic amines) is 1. The zero-order valence-corrected chi connectivity index (χ0v) is 15.3. The fraction of sp³-hybridized carbons (Fsp3) is 0.556. The molecule has 0 aliphatic carbocycles. The van der Waals surface area contributed by atoms with Crippen LogP contribution in [0.25, 0.3) is 0 Å². The zero-order chi connectivity index (χ0) is 17.2. The van der Waals surface area contributed by atoms with Crippen LogP contribution in [0.5, 0.6) is 11.5 Å². The van der Waals surface area contributed by atoms with Gasteiger partial charge in [-0.25, -0.2) is 0 Å². The number of amides is 2. The molecule has 7 nitrogen and oxygen atoms in total. The summed E-state index contributed by atoms with van der Waals surface area (Å²) in [4.78, 5) is 27.3. The largest absolute Gasteiger partial charge is 0.454 e. The van der Waals surface area contributed by atoms with Gasteiger partial charge in [-0.1, -0.05) is 0 Å². The average Bonchev–Trinajstić information content (AvgIpc) is 3.30. The maximum Gasteiger partial charge on any atom is 0.254 e. The molecule has 8 heteroatoms. The minimum absolute atomic E-state index is 0. The fourth-order valence-electron chi connectivity index (χ4n) is 3.74. The highest BCUT2D eigenvalue weighted by Gasteiger charge is 2.35. The number of benzene rings is 1. The molecule has 26 heavy (non-hydrogen) atoms. The summed E-state index contributed by atoms with van der Waals surface area (Å²) in [6.45, 7) is 2.64. The van der Waals surface area contributed by atoms with Gasteiger partial charge >= 0.3 is 0 Å². The standard InChI is InChI=1S/C18H23N3O4.ClH/c22-17(20-13-5-7-19-8-6-13)14-2-1-9-21(14)18(23)12-3-4-15-16(10-12)25-11-24-15;/h3-4,10,13-14,19H,1-2,5-9,11H2,(H,20,22);1H. The Bertz CT molecular complexity index is 678. The van der Waals surface area contributed by atoms with Gasteiger partial charge in [0.05, 0.1) is 0 Å². The number of rotatable bonds is 3. The van der Waals surface area contributed by atoms with Crippen LogP contribution in [0.1, 0.15) is 36.0 Å². The first kappa shape index (κ1) is 18.8. The number of hydrogen-bond acceptors (Lipinski definition) is 5. The van der Waals surface area contributed by atoms with Crippen LogP contribution in [0.15, 0.2) is 18.2 Å². The van der Waals surface area contributed by atoms with Crippen molar-refractivity contribution in [2.75, 3.05) is 26.4 Å². The molecule has 2 saturated heterocycles. The van der Waals surface area contributed by atoms with E-state index in [1.165, 1.54) is 0 Å². The molecule has 0 bridgehead atoms. The second kappa shape index (κ2) is 8.14. The number of ether oxygens (including phenoxy) is 2. The maximum absolute atomic E-state index is 12.9. The van der Waals surface area contributed by atoms with Gasteiger partial charge in [0.1, 0.15) is 6.04 Å². The van der Waals surface area contributed by atoms with E-state index in [9.17, 15) is 9.59 Å². The maximum atomic E-state index is 12.9. The van der Waals surface area contributed by atoms with Crippen LogP contribution >= 0.6 is 12.4 Å². The normalized spacial score (nSPS) is 22.0. The Kier molecular flexibility index (Phi) is 5.88. The molecule has 0 radical (unpaired) electrons. The molecule has 1 aromatic carbocycles. The van der Waals surface area contributed by atoms with Gasteiger partial charge in [-0.2, -0.15) is 0 Å². The topological polar surface area (TPSA) is 79.9 Å². The summed E-state index contributed by atoms with van der Waals surface area (Å²) in [6.07, 6.45) is 3.44. The molecule has 3 aliphatic heterocycles. The monoisotopic (exact) mass is 381 g/mol. The summed E-state index contributed by atoms with van der Waals surface area (Å²) in [7, 11) is 0. The van der Waals surface area contributed by atoms with Gasteiger partial charge in [-0.15, -0.1) is 12.4 Å². The van der Waals surface area contributed by atoms with Gasteiger partial charge in [0.15, 0.2) is 11.5 Å². The van der Waals surface area contributed by atoms with Crippen LogP contribution < -0.4 is 20.1 Å². The van der Waals surface area contributed by atoms with Gasteiger partial charge < -0.3 is 25.0 Å². The molecule has 2 amide bonds. The van der Waals surface area contributed by atoms with Gasteiger partial charge in [0, 0.05) is 18.2 Å². The van der Waals surface area contributed by atoms with E-state index in [2.05, 4.69) is 10.6 Å². The third kappa shape index (κ3) is 3.73. The molecule has 4 rings (SSSR count). The number of halogens is 1. The van der Waals surface area contributed by atoms with E-state index in [1.807, 2.05) is 0 Å². The molecule has 0 aromatic heterocycles. The molecular formula is C18H24ClN3O4. The lowest BCUT2D eigenvalue weighted by atomic mass is 10.1. The predicted molar refractivity (Wildman–Crippen MR) is 97.9 cm³/mol. The predicted octanol–water partition coefficient (Wildman–Crippen LogP) is 1.31. The highest BCUT2D eigenvalue weighted by molar-refractivity contribution is 5.98. The number of fused-ring (bicyclic) bond motifs is 1. The van der Waals surface area contributed by atoms with E-state index in [0.29, 0.717) is 30.0 Å². The van der Waals surface area contributed by atoms with Crippen molar-refractivity contribution in [2.24, 2.45) is 0 Å². The van der Waals surface area contributed by atoms with E-state index < -0.39 is 0 Å². The molecule has 1 atom stereocenters. The SMILES string of the molecule is Cl.O=C(NC1CCNCC1)C1CCCN1C(=O)c1ccc2c(c1)OCO2. The number of carbonyl (C=O) groups is 2. The molecule has 3 heterocycles. The molecule has 3 aliphatic rings. The molecule has 2 N–H and O–H groups in total. The number of carbonyl (C=O) groups excluding carboxylic acids is 2. The highest BCUT2D eigenvalue weighted by Crippen LogP contribution is 2.33. The van der Waals surface area contributed by atoms with Gasteiger partial charge in [-0.3, -0.25) is 9.59 Å². The number of nitrogens with zero attached hydrogens (tertiary/aromatic N) is 1. The van der Waals surface area contributed by atoms with Gasteiger partial charge in [0.25, 0.3) is 5.91 Å². The molecule has 1 unspecified atom stereocenters. The van der Waals surface area contributed by atoms with Crippen LogP contribution in [0.4, 0.5) is 0 Å². The quantitative estimate of drug-likeness (QED) is 0.825. The van der Waals surface area contributed by atoms with Crippen LogP contribution in [0, 0.1) is 0 Å². The van der Waals surface area contributed by atoms with Crippen molar-refractivity contribution in [3.8, 4) is 11.5 Å². The number of nitrogens with one attached hydrogen (secondary N) is 2. The Morgan fingerprint density at radius 1 is 1.12 bits per heavy atom. The van der Waals surface area contributed by atoms with Crippen LogP contribution in [-0.2, 0) is 4.79 Å². The van der Waals surface area contributed by atoms with Gasteiger partial charge in [-0.05, 0) is 57.0 Å². The summed E-state index contributed by atoms with van der Waals surface area (Å²) < 4.78 is 10.6. The van der Waals surface area contributed by atoms with Crippen LogP contribution in [0.2, 0.25) is 0 Å². The zero-order valence-electron chi connectivity index (χ0n) is 14.5. The minimum Gasteiger partial charge on any atom is -0.454 e. The summed E-state index contributed by atoms with van der Waals surface area (Å²) in [6, 6.07) is 5.00. The van der Waals surface area contributed by atoms with Crippen molar-refractivity contribution in [1.29, 1.82) is 0 Å². The first-order valence-corrected chi connectivity index (χ1v) is 8.94. The van der Waals surface area contributed by atoms with Crippen LogP contribution in [-0.4, -0.2) is 55.2 Å². The number of hydrogen-bond donors (Lipinski definition) is 2. The Morgan fingerprint density at radius 3 is 2.69 bits per heavy atom. The third-order valence-electron chi connectivity index (χ3n) is 5.12. The van der Waals surface area contributed by atoms with E-state index in [4.69, 9.17) is 9.47 Å². The smallest absolute Gasteiger partial charge is 0.254 e. The van der Waals surface area contributed by atoms with E-state index in [0.717, 1.165) is 32.4 Å². The van der Waals surface area contributed by atoms with Crippen molar-refractivity contribution in [3.05, 3.63) is 23.8 Å². The summed E-state index contributed by atoms with van der Waals surface area (Å²) in [5, 5.41) is 6.41. The second-order valence-corrected chi connectivity index (χ2v) is 6.76. The fourth-order valence-corrected chi connectivity index (χ4v) is 3.74. The summed E-state index contributed by atoms with van der Waals surface area (Å²) in [5.74, 6) is 1.08. The molecule has 1 aromatic rings. The molecule has 142 valence electrons. The lowest BCUT2D eigenvalue weighted by molar-refractivity contribution is -0.125. The van der Waals surface area contributed by atoms with Crippen molar-refractivity contribution < 1.29 is 19.1 Å². The van der Waals surface area contributed by atoms with Crippen molar-refractivity contribution in [1.82, 2.24) is 15.5 Å². The summed E-state index contributed by atoms with van der Waals surface area (Å²) in [5.41, 5.74) is 0.533. The average molecular weight is 382 g/mol. The minimum atomic E-state index is -0.382. The second-order valence-electron chi connectivity index (χ2n) is 6.76. The third-order valence-corrected chi connectivity index (χ3v) is 5.12. The lowest BCUT2D eigenvalue weighted by Gasteiger charge is -2.28. The van der Waals surface area contributed by atoms with Crippen LogP contribution in [0.3, 0.4) is 0 Å². The first-order valence-electron chi connectivity index (χ1n) is 8.94. The molecular weight excluding hydrogens is 358 g/mol. The lowest BCUT2D eigenvalue weighted by Crippen LogP contribution is -2.51. The van der Waals surface area contributed by atoms with E-state index >= 15 is 0 Å². The molecule has 0 saturated carbocycles. The van der Waals surface area contributed by atoms with E-state index in [1.54, 1.807) is 23.1 Å². The summed E-state index contributed by atoms with van der Waals surface area (Å²) >= 11 is 0. The first-order chi connectivity index (χ1) is 12.2. The Labute approximate surface area is 158 Å². The van der Waals surface area contributed by atoms with E-state index in [-0.39, 0.29) is 43.1 Å².